The third-order valence-corrected chi connectivity index (χ3v) is 10.8. The molecule has 0 spiro atoms. The molecule has 0 amide bonds. The topological polar surface area (TPSA) is 74.6 Å². The number of carbonyl (C=O) groups excluding carboxylic acids is 2. The van der Waals surface area contributed by atoms with Crippen molar-refractivity contribution in [2.45, 2.75) is 133 Å². The molecule has 0 aromatic heterocycles. The number of rotatable bonds is 14. The van der Waals surface area contributed by atoms with Gasteiger partial charge in [0.15, 0.2) is 0 Å². The number of aliphatic hydroxyl groups is 2. The summed E-state index contributed by atoms with van der Waals surface area (Å²) in [6, 6.07) is 0. The normalized spacial score (nSPS) is 29.9. The molecule has 244 valence electrons. The van der Waals surface area contributed by atoms with Gasteiger partial charge in [-0.05, 0) is 77.0 Å². The Hall–Kier alpha value is -2.56. The minimum atomic E-state index is -0.453. The third kappa shape index (κ3) is 9.97. The fourth-order valence-electron chi connectivity index (χ4n) is 6.84. The lowest BCUT2D eigenvalue weighted by Crippen LogP contribution is -2.37. The second-order valence-electron chi connectivity index (χ2n) is 15.4. The van der Waals surface area contributed by atoms with Crippen molar-refractivity contribution in [1.82, 2.24) is 0 Å². The van der Waals surface area contributed by atoms with E-state index in [1.807, 2.05) is 38.2 Å². The predicted octanol–water partition coefficient (Wildman–Crippen LogP) is 9.51. The summed E-state index contributed by atoms with van der Waals surface area (Å²) in [5.41, 5.74) is 3.37. The van der Waals surface area contributed by atoms with Crippen LogP contribution in [-0.4, -0.2) is 34.0 Å². The van der Waals surface area contributed by atoms with Crippen LogP contribution in [0.25, 0.3) is 0 Å². The summed E-state index contributed by atoms with van der Waals surface area (Å²) in [4.78, 5) is 26.0. The van der Waals surface area contributed by atoms with E-state index in [9.17, 15) is 19.8 Å². The molecular formula is C40H60O4. The molecule has 0 saturated heterocycles. The molecule has 44 heavy (non-hydrogen) atoms. The number of carbonyl (C=O) groups is 2. The van der Waals surface area contributed by atoms with E-state index < -0.39 is 10.8 Å². The zero-order valence-electron chi connectivity index (χ0n) is 29.3. The summed E-state index contributed by atoms with van der Waals surface area (Å²) in [5.74, 6) is 0.515. The molecule has 0 heterocycles. The maximum atomic E-state index is 13.0. The molecule has 4 atom stereocenters. The van der Waals surface area contributed by atoms with Gasteiger partial charge in [0.25, 0.3) is 0 Å². The Labute approximate surface area is 268 Å². The van der Waals surface area contributed by atoms with E-state index in [2.05, 4.69) is 91.8 Å². The molecule has 2 aliphatic carbocycles. The Morgan fingerprint density at radius 1 is 0.545 bits per heavy atom. The van der Waals surface area contributed by atoms with Crippen LogP contribution in [0.4, 0.5) is 0 Å². The van der Waals surface area contributed by atoms with Crippen LogP contribution >= 0.6 is 0 Å². The highest BCUT2D eigenvalue weighted by Crippen LogP contribution is 2.54. The second kappa shape index (κ2) is 15.6. The van der Waals surface area contributed by atoms with Gasteiger partial charge in [-0.1, -0.05) is 125 Å². The van der Waals surface area contributed by atoms with E-state index in [0.717, 1.165) is 24.0 Å². The number of hydrogen-bond acceptors (Lipinski definition) is 4. The van der Waals surface area contributed by atoms with Crippen molar-refractivity contribution >= 4 is 11.6 Å². The van der Waals surface area contributed by atoms with Gasteiger partial charge < -0.3 is 10.2 Å². The Bertz CT molecular complexity index is 1150. The number of hydrogen-bond donors (Lipinski definition) is 2. The fraction of sp³-hybridized carbons (Fsp3) is 0.600. The highest BCUT2D eigenvalue weighted by Gasteiger charge is 2.54. The summed E-state index contributed by atoms with van der Waals surface area (Å²) in [6.07, 6.45) is 24.8. The van der Waals surface area contributed by atoms with Crippen molar-refractivity contribution in [3.63, 3.8) is 0 Å². The molecule has 4 heteroatoms. The van der Waals surface area contributed by atoms with Crippen LogP contribution in [0, 0.1) is 21.7 Å². The molecule has 0 aromatic carbocycles. The maximum Gasteiger partial charge on any atom is 0.139 e. The van der Waals surface area contributed by atoms with Crippen molar-refractivity contribution in [1.29, 1.82) is 0 Å². The van der Waals surface area contributed by atoms with Gasteiger partial charge in [-0.2, -0.15) is 0 Å². The van der Waals surface area contributed by atoms with Crippen LogP contribution in [0.1, 0.15) is 121 Å². The average Bonchev–Trinajstić information content (AvgIpc) is 3.27. The maximum absolute atomic E-state index is 13.0. The van der Waals surface area contributed by atoms with E-state index in [1.54, 1.807) is 0 Å². The smallest absolute Gasteiger partial charge is 0.139 e. The van der Waals surface area contributed by atoms with Crippen molar-refractivity contribution in [2.24, 2.45) is 21.7 Å². The molecule has 4 nitrogen and oxygen atoms in total. The number of Topliss-reactive ketones (excluding diaryl/α,β-unsaturated/α-hetero) is 2. The van der Waals surface area contributed by atoms with Crippen molar-refractivity contribution in [3.8, 4) is 0 Å². The summed E-state index contributed by atoms with van der Waals surface area (Å²) in [7, 11) is 0. The lowest BCUT2D eigenvalue weighted by Gasteiger charge is -2.36. The van der Waals surface area contributed by atoms with E-state index >= 15 is 0 Å². The molecule has 0 aromatic rings. The molecular weight excluding hydrogens is 544 g/mol. The minimum absolute atomic E-state index is 0.170. The lowest BCUT2D eigenvalue weighted by molar-refractivity contribution is -0.133. The van der Waals surface area contributed by atoms with Crippen molar-refractivity contribution < 1.29 is 19.8 Å². The lowest BCUT2D eigenvalue weighted by atomic mass is 9.66. The van der Waals surface area contributed by atoms with Crippen LogP contribution in [0.15, 0.2) is 83.1 Å². The molecule has 2 rings (SSSR count). The van der Waals surface area contributed by atoms with Crippen LogP contribution in [0.2, 0.25) is 0 Å². The molecule has 2 aliphatic rings. The van der Waals surface area contributed by atoms with Crippen LogP contribution in [-0.2, 0) is 9.59 Å². The van der Waals surface area contributed by atoms with Crippen molar-refractivity contribution in [3.05, 3.63) is 83.1 Å². The van der Waals surface area contributed by atoms with Gasteiger partial charge in [-0.25, -0.2) is 0 Å². The van der Waals surface area contributed by atoms with Gasteiger partial charge in [0.1, 0.15) is 11.6 Å². The van der Waals surface area contributed by atoms with Gasteiger partial charge in [0.05, 0.1) is 12.2 Å². The van der Waals surface area contributed by atoms with E-state index in [-0.39, 0.29) is 34.6 Å². The summed E-state index contributed by atoms with van der Waals surface area (Å²) in [6.45, 7) is 20.7. The zero-order valence-corrected chi connectivity index (χ0v) is 29.3. The largest absolute Gasteiger partial charge is 0.393 e. The Balaban J connectivity index is 1.79. The van der Waals surface area contributed by atoms with Crippen molar-refractivity contribution in [2.75, 3.05) is 0 Å². The number of allylic oxidation sites excluding steroid dienone is 14. The first-order valence-electron chi connectivity index (χ1n) is 16.5. The Morgan fingerprint density at radius 2 is 0.886 bits per heavy atom. The molecule has 4 unspecified atom stereocenters. The SMILES string of the molecule is CC(C=CC=C(C)CCC(=O)C1(C)CC(O)CC1(C)C)=CC=CC=C(C)C=CC=C(C)CCC(=O)C1(C)CC(O)CC1(C)C. The molecule has 0 radical (unpaired) electrons. The van der Waals surface area contributed by atoms with Crippen LogP contribution < -0.4 is 0 Å². The summed E-state index contributed by atoms with van der Waals surface area (Å²) >= 11 is 0. The molecule has 2 saturated carbocycles. The molecule has 2 fully saturated rings. The van der Waals surface area contributed by atoms with E-state index in [4.69, 9.17) is 0 Å². The highest BCUT2D eigenvalue weighted by molar-refractivity contribution is 5.86. The number of aliphatic hydroxyl groups excluding tert-OH is 2. The highest BCUT2D eigenvalue weighted by atomic mass is 16.3. The Kier molecular flexibility index (Phi) is 13.4. The minimum Gasteiger partial charge on any atom is -0.393 e. The van der Waals surface area contributed by atoms with Gasteiger partial charge in [-0.15, -0.1) is 0 Å². The second-order valence-corrected chi connectivity index (χ2v) is 15.4. The standard InChI is InChI=1S/C40H60O4/c1-29(17-13-19-31(3)21-23-35(43)39(9)27-33(41)25-37(39,5)6)15-11-12-16-30(2)18-14-20-32(4)22-24-36(44)40(10)28-34(42)26-38(40,7)8/h11-20,33-34,41-42H,21-28H2,1-10H3. The van der Waals surface area contributed by atoms with Gasteiger partial charge in [0, 0.05) is 23.7 Å². The van der Waals surface area contributed by atoms with E-state index in [1.165, 1.54) is 11.1 Å². The summed E-state index contributed by atoms with van der Waals surface area (Å²) < 4.78 is 0. The van der Waals surface area contributed by atoms with Gasteiger partial charge in [-0.3, -0.25) is 9.59 Å². The van der Waals surface area contributed by atoms with Gasteiger partial charge in [0.2, 0.25) is 0 Å². The van der Waals surface area contributed by atoms with Gasteiger partial charge >= 0.3 is 0 Å². The van der Waals surface area contributed by atoms with E-state index in [0.29, 0.717) is 38.5 Å². The van der Waals surface area contributed by atoms with Crippen LogP contribution in [0.3, 0.4) is 0 Å². The molecule has 0 bridgehead atoms. The van der Waals surface area contributed by atoms with Crippen LogP contribution in [0.5, 0.6) is 0 Å². The summed E-state index contributed by atoms with van der Waals surface area (Å²) in [5, 5.41) is 20.3. The molecule has 2 N–H and O–H groups in total. The first kappa shape index (κ1) is 37.6. The average molecular weight is 605 g/mol. The predicted molar refractivity (Wildman–Crippen MR) is 185 cm³/mol. The Morgan fingerprint density at radius 3 is 1.18 bits per heavy atom. The first-order chi connectivity index (χ1) is 20.3. The number of ketones is 2. The quantitative estimate of drug-likeness (QED) is 0.194. The third-order valence-electron chi connectivity index (χ3n) is 10.8. The monoisotopic (exact) mass is 604 g/mol. The zero-order chi connectivity index (χ0) is 33.3. The first-order valence-corrected chi connectivity index (χ1v) is 16.5. The fourth-order valence-corrected chi connectivity index (χ4v) is 6.84. The molecule has 0 aliphatic heterocycles.